The number of nitrogens with one attached hydrogen (secondary N) is 2. The van der Waals surface area contributed by atoms with Crippen molar-refractivity contribution in [2.45, 2.75) is 72.1 Å². The van der Waals surface area contributed by atoms with Gasteiger partial charge in [-0.15, -0.1) is 0 Å². The molecule has 0 unspecified atom stereocenters. The first-order valence-electron chi connectivity index (χ1n) is 8.97. The highest BCUT2D eigenvalue weighted by Crippen LogP contribution is 2.21. The second kappa shape index (κ2) is 8.88. The van der Waals surface area contributed by atoms with Crippen LogP contribution in [0.4, 0.5) is 4.79 Å². The predicted octanol–water partition coefficient (Wildman–Crippen LogP) is 2.44. The number of nitrogens with zero attached hydrogens (tertiary/aromatic N) is 1. The molecule has 0 aromatic heterocycles. The monoisotopic (exact) mass is 387 g/mol. The predicted molar refractivity (Wildman–Crippen MR) is 105 cm³/mol. The second-order valence-corrected chi connectivity index (χ2v) is 9.05. The molecule has 7 nitrogen and oxygen atoms in total. The van der Waals surface area contributed by atoms with E-state index >= 15 is 0 Å². The smallest absolute Gasteiger partial charge is 0.410 e. The molecule has 0 radical (unpaired) electrons. The Morgan fingerprint density at radius 3 is 2.35 bits per heavy atom. The molecule has 0 aromatic rings. The van der Waals surface area contributed by atoms with Gasteiger partial charge in [0, 0.05) is 13.1 Å². The Morgan fingerprint density at radius 2 is 1.85 bits per heavy atom. The van der Waals surface area contributed by atoms with Gasteiger partial charge in [-0.3, -0.25) is 0 Å². The number of carbonyl (C=O) groups excluding carboxylic acids is 2. The highest BCUT2D eigenvalue weighted by molar-refractivity contribution is 7.80. The minimum atomic E-state index is -0.557. The van der Waals surface area contributed by atoms with Crippen molar-refractivity contribution in [3.05, 3.63) is 0 Å². The lowest BCUT2D eigenvalue weighted by molar-refractivity contribution is -0.145. The van der Waals surface area contributed by atoms with E-state index in [0.29, 0.717) is 18.2 Å². The van der Waals surface area contributed by atoms with E-state index in [0.717, 1.165) is 12.8 Å². The lowest BCUT2D eigenvalue weighted by Crippen LogP contribution is -2.54. The van der Waals surface area contributed by atoms with Crippen molar-refractivity contribution in [3.8, 4) is 0 Å². The number of hydrogen-bond donors (Lipinski definition) is 2. The topological polar surface area (TPSA) is 79.9 Å². The molecule has 1 amide bonds. The van der Waals surface area contributed by atoms with Crippen molar-refractivity contribution in [1.82, 2.24) is 15.5 Å². The zero-order valence-electron chi connectivity index (χ0n) is 17.0. The van der Waals surface area contributed by atoms with Crippen molar-refractivity contribution < 1.29 is 19.1 Å². The summed E-state index contributed by atoms with van der Waals surface area (Å²) in [5.41, 5.74) is -0.871. The van der Waals surface area contributed by atoms with Gasteiger partial charge in [0.2, 0.25) is 0 Å². The molecule has 1 fully saturated rings. The summed E-state index contributed by atoms with van der Waals surface area (Å²) < 4.78 is 10.3. The number of ether oxygens (including phenoxy) is 2. The van der Waals surface area contributed by atoms with Crippen LogP contribution in [0.5, 0.6) is 0 Å². The molecule has 2 N–H and O–H groups in total. The number of thiocarbonyl (C=S) groups is 1. The molecular weight excluding hydrogens is 354 g/mol. The molecule has 1 aliphatic heterocycles. The van der Waals surface area contributed by atoms with Gasteiger partial charge in [0.05, 0.1) is 13.2 Å². The van der Waals surface area contributed by atoms with Crippen molar-refractivity contribution in [2.24, 2.45) is 5.41 Å². The molecule has 0 saturated carbocycles. The van der Waals surface area contributed by atoms with E-state index in [4.69, 9.17) is 21.7 Å². The molecule has 0 aliphatic carbocycles. The summed E-state index contributed by atoms with van der Waals surface area (Å²) in [6.45, 7) is 12.5. The Balaban J connectivity index is 2.60. The summed E-state index contributed by atoms with van der Waals surface area (Å²) in [5, 5.41) is 6.51. The zero-order valence-corrected chi connectivity index (χ0v) is 17.8. The average molecular weight is 388 g/mol. The molecule has 26 heavy (non-hydrogen) atoms. The fraction of sp³-hybridized carbons (Fsp3) is 0.833. The van der Waals surface area contributed by atoms with Crippen molar-refractivity contribution in [3.63, 3.8) is 0 Å². The Hall–Kier alpha value is -1.57. The molecule has 1 heterocycles. The molecule has 2 atom stereocenters. The van der Waals surface area contributed by atoms with E-state index < -0.39 is 11.6 Å². The van der Waals surface area contributed by atoms with Gasteiger partial charge in [-0.2, -0.15) is 0 Å². The van der Waals surface area contributed by atoms with Crippen LogP contribution in [-0.4, -0.2) is 60.0 Å². The molecule has 0 spiro atoms. The number of hydrogen-bond acceptors (Lipinski definition) is 5. The minimum absolute atomic E-state index is 0.0100. The molecule has 8 heteroatoms. The maximum atomic E-state index is 12.3. The molecule has 150 valence electrons. The van der Waals surface area contributed by atoms with Gasteiger partial charge < -0.3 is 25.0 Å². The lowest BCUT2D eigenvalue weighted by Gasteiger charge is -2.31. The number of methoxy groups -OCH3 is 1. The summed E-state index contributed by atoms with van der Waals surface area (Å²) in [6, 6.07) is -0.547. The normalized spacial score (nSPS) is 18.9. The van der Waals surface area contributed by atoms with Crippen LogP contribution in [0, 0.1) is 5.41 Å². The first-order valence-corrected chi connectivity index (χ1v) is 9.38. The third kappa shape index (κ3) is 6.97. The molecule has 1 saturated heterocycles. The van der Waals surface area contributed by atoms with Crippen LogP contribution < -0.4 is 10.6 Å². The third-order valence-electron chi connectivity index (χ3n) is 4.08. The fourth-order valence-electron chi connectivity index (χ4n) is 2.75. The molecule has 0 aromatic carbocycles. The average Bonchev–Trinajstić information content (AvgIpc) is 2.95. The van der Waals surface area contributed by atoms with E-state index in [-0.39, 0.29) is 23.5 Å². The third-order valence-corrected chi connectivity index (χ3v) is 4.34. The Labute approximate surface area is 162 Å². The first kappa shape index (κ1) is 22.5. The standard InChI is InChI=1S/C18H33N3O4S/c1-17(2,3)13(14(22)24-7)20-15(26)19-11-12-9-8-10-21(12)16(23)25-18(4,5)6/h12-13H,8-11H2,1-7H3,(H2,19,20,26)/t12-,13+/m0/s1. The van der Waals surface area contributed by atoms with Crippen molar-refractivity contribution in [1.29, 1.82) is 0 Å². The Morgan fingerprint density at radius 1 is 1.23 bits per heavy atom. The minimum Gasteiger partial charge on any atom is -0.467 e. The van der Waals surface area contributed by atoms with E-state index in [1.807, 2.05) is 41.5 Å². The summed E-state index contributed by atoms with van der Waals surface area (Å²) >= 11 is 5.33. The van der Waals surface area contributed by atoms with Crippen LogP contribution in [-0.2, 0) is 14.3 Å². The molecule has 1 rings (SSSR count). The van der Waals surface area contributed by atoms with Gasteiger partial charge in [0.15, 0.2) is 5.11 Å². The molecule has 0 bridgehead atoms. The Bertz CT molecular complexity index is 526. The number of esters is 1. The zero-order chi connectivity index (χ0) is 20.1. The Kier molecular flexibility index (Phi) is 7.68. The maximum absolute atomic E-state index is 12.3. The van der Waals surface area contributed by atoms with Crippen LogP contribution in [0.3, 0.4) is 0 Å². The number of amides is 1. The maximum Gasteiger partial charge on any atom is 0.410 e. The SMILES string of the molecule is COC(=O)[C@@H](NC(=S)NC[C@@H]1CCCN1C(=O)OC(C)(C)C)C(C)(C)C. The van der Waals surface area contributed by atoms with Crippen LogP contribution >= 0.6 is 12.2 Å². The largest absolute Gasteiger partial charge is 0.467 e. The summed E-state index contributed by atoms with van der Waals surface area (Å²) in [5.74, 6) is -0.363. The van der Waals surface area contributed by atoms with Crippen LogP contribution in [0.25, 0.3) is 0 Å². The lowest BCUT2D eigenvalue weighted by atomic mass is 9.87. The first-order chi connectivity index (χ1) is 11.8. The summed E-state index contributed by atoms with van der Waals surface area (Å²) in [6.07, 6.45) is 1.51. The van der Waals surface area contributed by atoms with E-state index in [9.17, 15) is 9.59 Å². The van der Waals surface area contributed by atoms with Gasteiger partial charge in [0.25, 0.3) is 0 Å². The summed E-state index contributed by atoms with van der Waals surface area (Å²) in [4.78, 5) is 26.0. The highest BCUT2D eigenvalue weighted by atomic mass is 32.1. The van der Waals surface area contributed by atoms with Gasteiger partial charge in [-0.05, 0) is 51.2 Å². The molecule has 1 aliphatic rings. The highest BCUT2D eigenvalue weighted by Gasteiger charge is 2.34. The number of carbonyl (C=O) groups is 2. The number of rotatable bonds is 4. The summed E-state index contributed by atoms with van der Waals surface area (Å²) in [7, 11) is 1.36. The number of likely N-dealkylation sites (tertiary alicyclic amines) is 1. The van der Waals surface area contributed by atoms with E-state index in [1.54, 1.807) is 4.90 Å². The van der Waals surface area contributed by atoms with Gasteiger partial charge in [0.1, 0.15) is 11.6 Å². The van der Waals surface area contributed by atoms with E-state index in [1.165, 1.54) is 7.11 Å². The van der Waals surface area contributed by atoms with Gasteiger partial charge >= 0.3 is 12.1 Å². The van der Waals surface area contributed by atoms with E-state index in [2.05, 4.69) is 10.6 Å². The quantitative estimate of drug-likeness (QED) is 0.566. The van der Waals surface area contributed by atoms with Crippen LogP contribution in [0.2, 0.25) is 0 Å². The van der Waals surface area contributed by atoms with Crippen LogP contribution in [0.15, 0.2) is 0 Å². The van der Waals surface area contributed by atoms with Gasteiger partial charge in [-0.25, -0.2) is 9.59 Å². The van der Waals surface area contributed by atoms with Crippen molar-refractivity contribution >= 4 is 29.4 Å². The second-order valence-electron chi connectivity index (χ2n) is 8.65. The van der Waals surface area contributed by atoms with Crippen molar-refractivity contribution in [2.75, 3.05) is 20.2 Å². The van der Waals surface area contributed by atoms with Crippen LogP contribution in [0.1, 0.15) is 54.4 Å². The van der Waals surface area contributed by atoms with Gasteiger partial charge in [-0.1, -0.05) is 20.8 Å². The molecular formula is C18H33N3O4S. The fourth-order valence-corrected chi connectivity index (χ4v) is 2.95.